The Labute approximate surface area is 113 Å². The van der Waals surface area contributed by atoms with Crippen LogP contribution >= 0.6 is 0 Å². The number of imidazole rings is 1. The molecule has 3 rings (SSSR count). The third-order valence-electron chi connectivity index (χ3n) is 3.86. The average molecular weight is 259 g/mol. The summed E-state index contributed by atoms with van der Waals surface area (Å²) in [6.45, 7) is 5.15. The first-order chi connectivity index (χ1) is 9.26. The van der Waals surface area contributed by atoms with Gasteiger partial charge in [-0.2, -0.15) is 0 Å². The zero-order valence-corrected chi connectivity index (χ0v) is 11.4. The number of hydrogen-bond acceptors (Lipinski definition) is 4. The van der Waals surface area contributed by atoms with Gasteiger partial charge < -0.3 is 10.6 Å². The van der Waals surface area contributed by atoms with E-state index < -0.39 is 0 Å². The second kappa shape index (κ2) is 5.17. The summed E-state index contributed by atoms with van der Waals surface area (Å²) in [4.78, 5) is 6.87. The van der Waals surface area contributed by atoms with Crippen LogP contribution in [0.2, 0.25) is 0 Å². The summed E-state index contributed by atoms with van der Waals surface area (Å²) in [5.74, 6) is 1.89. The molecule has 5 heteroatoms. The maximum Gasteiger partial charge on any atom is 0.153 e. The molecule has 2 aromatic rings. The van der Waals surface area contributed by atoms with Gasteiger partial charge in [0.25, 0.3) is 0 Å². The van der Waals surface area contributed by atoms with Crippen molar-refractivity contribution in [3.63, 3.8) is 0 Å². The Morgan fingerprint density at radius 3 is 2.84 bits per heavy atom. The number of nitrogens with two attached hydrogens (primary N) is 1. The van der Waals surface area contributed by atoms with Crippen molar-refractivity contribution in [1.29, 1.82) is 0 Å². The molecule has 0 radical (unpaired) electrons. The van der Waals surface area contributed by atoms with Crippen molar-refractivity contribution in [1.82, 2.24) is 14.6 Å². The average Bonchev–Trinajstić information content (AvgIpc) is 2.81. The molecule has 1 saturated heterocycles. The minimum Gasteiger partial charge on any atom is -0.355 e. The molecule has 0 saturated carbocycles. The molecule has 2 aromatic heterocycles. The molecule has 0 spiro atoms. The fourth-order valence-corrected chi connectivity index (χ4v) is 2.60. The molecule has 0 aliphatic carbocycles. The van der Waals surface area contributed by atoms with E-state index in [0.717, 1.165) is 42.6 Å². The minimum atomic E-state index is 0.626. The minimum absolute atomic E-state index is 0.626. The highest BCUT2D eigenvalue weighted by Crippen LogP contribution is 2.21. The highest BCUT2D eigenvalue weighted by Gasteiger charge is 2.17. The van der Waals surface area contributed by atoms with Crippen LogP contribution in [0.25, 0.3) is 5.65 Å². The Bertz CT molecular complexity index is 554. The Hall–Kier alpha value is -1.62. The topological polar surface area (TPSA) is 59.5 Å². The summed E-state index contributed by atoms with van der Waals surface area (Å²) in [6.07, 6.45) is 5.29. The lowest BCUT2D eigenvalue weighted by molar-refractivity contribution is 0.435. The van der Waals surface area contributed by atoms with E-state index in [0.29, 0.717) is 6.54 Å². The summed E-state index contributed by atoms with van der Waals surface area (Å²) in [5.41, 5.74) is 7.48. The maximum absolute atomic E-state index is 5.56. The SMILES string of the molecule is CC1CCN(c2ccc3nc(CCN)cn3n2)CC1. The van der Waals surface area contributed by atoms with Gasteiger partial charge in [0.2, 0.25) is 0 Å². The lowest BCUT2D eigenvalue weighted by Crippen LogP contribution is -2.33. The van der Waals surface area contributed by atoms with Crippen molar-refractivity contribution in [2.45, 2.75) is 26.2 Å². The normalized spacial score (nSPS) is 17.3. The second-order valence-corrected chi connectivity index (χ2v) is 5.43. The quantitative estimate of drug-likeness (QED) is 0.906. The molecule has 5 nitrogen and oxygen atoms in total. The predicted octanol–water partition coefficient (Wildman–Crippen LogP) is 1.47. The smallest absolute Gasteiger partial charge is 0.153 e. The van der Waals surface area contributed by atoms with Crippen LogP contribution in [-0.2, 0) is 6.42 Å². The molecule has 3 heterocycles. The first kappa shape index (κ1) is 12.4. The number of piperidine rings is 1. The van der Waals surface area contributed by atoms with E-state index in [4.69, 9.17) is 5.73 Å². The van der Waals surface area contributed by atoms with Gasteiger partial charge in [0.1, 0.15) is 5.82 Å². The van der Waals surface area contributed by atoms with Gasteiger partial charge in [0, 0.05) is 19.5 Å². The van der Waals surface area contributed by atoms with E-state index in [-0.39, 0.29) is 0 Å². The summed E-state index contributed by atoms with van der Waals surface area (Å²) in [6, 6.07) is 4.12. The van der Waals surface area contributed by atoms with Gasteiger partial charge in [-0.05, 0) is 37.4 Å². The van der Waals surface area contributed by atoms with Gasteiger partial charge in [-0.25, -0.2) is 9.50 Å². The first-order valence-electron chi connectivity index (χ1n) is 7.06. The monoisotopic (exact) mass is 259 g/mol. The van der Waals surface area contributed by atoms with E-state index in [1.807, 2.05) is 16.8 Å². The third-order valence-corrected chi connectivity index (χ3v) is 3.86. The van der Waals surface area contributed by atoms with Crippen molar-refractivity contribution in [3.05, 3.63) is 24.0 Å². The van der Waals surface area contributed by atoms with Crippen LogP contribution in [0.5, 0.6) is 0 Å². The summed E-state index contributed by atoms with van der Waals surface area (Å²) >= 11 is 0. The van der Waals surface area contributed by atoms with Gasteiger partial charge in [-0.3, -0.25) is 0 Å². The fraction of sp³-hybridized carbons (Fsp3) is 0.571. The number of hydrogen-bond donors (Lipinski definition) is 1. The number of rotatable bonds is 3. The zero-order chi connectivity index (χ0) is 13.2. The molecule has 0 unspecified atom stereocenters. The number of fused-ring (bicyclic) bond motifs is 1. The van der Waals surface area contributed by atoms with Crippen LogP contribution in [0, 0.1) is 5.92 Å². The Morgan fingerprint density at radius 1 is 1.32 bits per heavy atom. The van der Waals surface area contributed by atoms with Gasteiger partial charge in [0.05, 0.1) is 11.9 Å². The zero-order valence-electron chi connectivity index (χ0n) is 11.4. The largest absolute Gasteiger partial charge is 0.355 e. The third kappa shape index (κ3) is 2.56. The van der Waals surface area contributed by atoms with E-state index in [1.165, 1.54) is 12.8 Å². The van der Waals surface area contributed by atoms with Crippen molar-refractivity contribution in [2.75, 3.05) is 24.5 Å². The summed E-state index contributed by atoms with van der Waals surface area (Å²) in [5, 5.41) is 4.67. The molecule has 0 atom stereocenters. The van der Waals surface area contributed by atoms with Gasteiger partial charge in [0.15, 0.2) is 5.65 Å². The lowest BCUT2D eigenvalue weighted by atomic mass is 9.99. The van der Waals surface area contributed by atoms with Crippen molar-refractivity contribution in [3.8, 4) is 0 Å². The summed E-state index contributed by atoms with van der Waals surface area (Å²) in [7, 11) is 0. The number of nitrogens with zero attached hydrogens (tertiary/aromatic N) is 4. The molecular formula is C14H21N5. The second-order valence-electron chi connectivity index (χ2n) is 5.43. The van der Waals surface area contributed by atoms with Crippen molar-refractivity contribution >= 4 is 11.5 Å². The van der Waals surface area contributed by atoms with Gasteiger partial charge in [-0.15, -0.1) is 5.10 Å². The summed E-state index contributed by atoms with van der Waals surface area (Å²) < 4.78 is 1.87. The molecule has 1 aliphatic rings. The standard InChI is InChI=1S/C14H21N5/c1-11-5-8-18(9-6-11)14-3-2-13-16-12(4-7-15)10-19(13)17-14/h2-3,10-11H,4-9,15H2,1H3. The molecule has 102 valence electrons. The Kier molecular flexibility index (Phi) is 3.38. The molecule has 1 fully saturated rings. The van der Waals surface area contributed by atoms with Gasteiger partial charge in [-0.1, -0.05) is 6.92 Å². The van der Waals surface area contributed by atoms with Crippen LogP contribution in [0.3, 0.4) is 0 Å². The Balaban J connectivity index is 1.84. The van der Waals surface area contributed by atoms with Crippen LogP contribution in [0.15, 0.2) is 18.3 Å². The van der Waals surface area contributed by atoms with Gasteiger partial charge >= 0.3 is 0 Å². The highest BCUT2D eigenvalue weighted by molar-refractivity contribution is 5.47. The molecule has 0 aromatic carbocycles. The highest BCUT2D eigenvalue weighted by atomic mass is 15.3. The fourth-order valence-electron chi connectivity index (χ4n) is 2.60. The molecular weight excluding hydrogens is 238 g/mol. The van der Waals surface area contributed by atoms with E-state index in [9.17, 15) is 0 Å². The number of aromatic nitrogens is 3. The van der Waals surface area contributed by atoms with Crippen LogP contribution in [0.4, 0.5) is 5.82 Å². The van der Waals surface area contributed by atoms with Crippen LogP contribution in [0.1, 0.15) is 25.5 Å². The van der Waals surface area contributed by atoms with E-state index >= 15 is 0 Å². The van der Waals surface area contributed by atoms with Crippen molar-refractivity contribution < 1.29 is 0 Å². The molecule has 1 aliphatic heterocycles. The lowest BCUT2D eigenvalue weighted by Gasteiger charge is -2.30. The molecule has 2 N–H and O–H groups in total. The van der Waals surface area contributed by atoms with Crippen molar-refractivity contribution in [2.24, 2.45) is 11.7 Å². The molecule has 0 bridgehead atoms. The molecule has 0 amide bonds. The van der Waals surface area contributed by atoms with E-state index in [2.05, 4.69) is 28.0 Å². The number of anilines is 1. The molecule has 19 heavy (non-hydrogen) atoms. The maximum atomic E-state index is 5.56. The van der Waals surface area contributed by atoms with Crippen LogP contribution < -0.4 is 10.6 Å². The van der Waals surface area contributed by atoms with E-state index in [1.54, 1.807) is 0 Å². The Morgan fingerprint density at radius 2 is 2.11 bits per heavy atom. The predicted molar refractivity (Wildman–Crippen MR) is 76.4 cm³/mol. The first-order valence-corrected chi connectivity index (χ1v) is 7.06. The van der Waals surface area contributed by atoms with Crippen LogP contribution in [-0.4, -0.2) is 34.2 Å².